The summed E-state index contributed by atoms with van der Waals surface area (Å²) in [6.07, 6.45) is 9.62. The molecular weight excluding hydrogens is 302 g/mol. The third-order valence-corrected chi connectivity index (χ3v) is 6.40. The predicted octanol–water partition coefficient (Wildman–Crippen LogP) is 3.44. The van der Waals surface area contributed by atoms with E-state index in [-0.39, 0.29) is 11.5 Å². The van der Waals surface area contributed by atoms with E-state index in [4.69, 9.17) is 4.74 Å². The summed E-state index contributed by atoms with van der Waals surface area (Å²) in [4.78, 5) is 25.6. The highest BCUT2D eigenvalue weighted by Gasteiger charge is 2.51. The number of ether oxygens (including phenoxy) is 1. The average molecular weight is 329 g/mol. The van der Waals surface area contributed by atoms with E-state index in [9.17, 15) is 9.59 Å². The fraction of sp³-hybridized carbons (Fsp3) is 0.700. The molecule has 0 aromatic carbocycles. The summed E-state index contributed by atoms with van der Waals surface area (Å²) in [7, 11) is 0. The Kier molecular flexibility index (Phi) is 4.01. The lowest BCUT2D eigenvalue weighted by Gasteiger charge is -2.35. The fourth-order valence-electron chi connectivity index (χ4n) is 5.33. The molecule has 4 heteroatoms. The van der Waals surface area contributed by atoms with E-state index in [0.29, 0.717) is 12.5 Å². The van der Waals surface area contributed by atoms with Gasteiger partial charge < -0.3 is 9.30 Å². The average Bonchev–Trinajstić information content (AvgIpc) is 3.01. The van der Waals surface area contributed by atoms with Crippen molar-refractivity contribution in [2.45, 2.75) is 82.6 Å². The number of esters is 1. The number of hydrogen-bond acceptors (Lipinski definition) is 3. The van der Waals surface area contributed by atoms with E-state index in [0.717, 1.165) is 37.9 Å². The van der Waals surface area contributed by atoms with Crippen molar-refractivity contribution in [3.8, 4) is 0 Å². The third-order valence-electron chi connectivity index (χ3n) is 6.40. The first-order valence-corrected chi connectivity index (χ1v) is 9.61. The summed E-state index contributed by atoms with van der Waals surface area (Å²) < 4.78 is 7.32. The molecule has 3 aliphatic rings. The second kappa shape index (κ2) is 6.05. The van der Waals surface area contributed by atoms with Gasteiger partial charge in [0.25, 0.3) is 5.56 Å². The van der Waals surface area contributed by atoms with Crippen molar-refractivity contribution in [2.75, 3.05) is 6.61 Å². The van der Waals surface area contributed by atoms with Gasteiger partial charge in [-0.15, -0.1) is 0 Å². The van der Waals surface area contributed by atoms with Crippen molar-refractivity contribution >= 4 is 5.97 Å². The van der Waals surface area contributed by atoms with Crippen molar-refractivity contribution in [2.24, 2.45) is 0 Å². The monoisotopic (exact) mass is 329 g/mol. The minimum Gasteiger partial charge on any atom is -0.465 e. The number of carbonyl (C=O) groups excluding carboxylic acids is 1. The smallest absolute Gasteiger partial charge is 0.318 e. The van der Waals surface area contributed by atoms with Crippen molar-refractivity contribution in [3.05, 3.63) is 33.2 Å². The zero-order chi connectivity index (χ0) is 16.7. The van der Waals surface area contributed by atoms with Crippen LogP contribution in [0.2, 0.25) is 0 Å². The molecule has 1 saturated carbocycles. The SMILES string of the molecule is CCOC(=O)C12CCCn3c1c(c(C1CCCCC1)cc3=O)CC2. The molecule has 130 valence electrons. The molecule has 2 aliphatic carbocycles. The van der Waals surface area contributed by atoms with Gasteiger partial charge in [0.1, 0.15) is 5.41 Å². The Labute approximate surface area is 143 Å². The number of nitrogens with zero attached hydrogens (tertiary/aromatic N) is 1. The van der Waals surface area contributed by atoms with Crippen LogP contribution in [0.25, 0.3) is 0 Å². The number of carbonyl (C=O) groups is 1. The molecule has 1 aromatic heterocycles. The minimum absolute atomic E-state index is 0.0876. The maximum Gasteiger partial charge on any atom is 0.318 e. The van der Waals surface area contributed by atoms with Gasteiger partial charge in [0.2, 0.25) is 0 Å². The highest BCUT2D eigenvalue weighted by molar-refractivity contribution is 5.84. The number of rotatable bonds is 3. The largest absolute Gasteiger partial charge is 0.465 e. The molecule has 1 aliphatic heterocycles. The van der Waals surface area contributed by atoms with Gasteiger partial charge in [0.15, 0.2) is 0 Å². The van der Waals surface area contributed by atoms with Crippen LogP contribution in [0.4, 0.5) is 0 Å². The van der Waals surface area contributed by atoms with Crippen LogP contribution in [0.15, 0.2) is 10.9 Å². The molecule has 0 N–H and O–H groups in total. The Hall–Kier alpha value is -1.58. The molecule has 4 nitrogen and oxygen atoms in total. The van der Waals surface area contributed by atoms with Crippen LogP contribution < -0.4 is 5.56 Å². The van der Waals surface area contributed by atoms with E-state index < -0.39 is 5.41 Å². The highest BCUT2D eigenvalue weighted by atomic mass is 16.5. The molecule has 1 atom stereocenters. The molecule has 1 fully saturated rings. The lowest BCUT2D eigenvalue weighted by atomic mass is 9.76. The third kappa shape index (κ3) is 2.26. The summed E-state index contributed by atoms with van der Waals surface area (Å²) in [6, 6.07) is 1.89. The van der Waals surface area contributed by atoms with Gasteiger partial charge >= 0.3 is 5.97 Å². The number of aromatic nitrogens is 1. The molecule has 1 aromatic rings. The Balaban J connectivity index is 1.86. The van der Waals surface area contributed by atoms with E-state index in [1.54, 1.807) is 0 Å². The molecule has 2 heterocycles. The lowest BCUT2D eigenvalue weighted by Crippen LogP contribution is -2.44. The van der Waals surface area contributed by atoms with E-state index >= 15 is 0 Å². The molecular formula is C20H27NO3. The zero-order valence-electron chi connectivity index (χ0n) is 14.6. The Morgan fingerprint density at radius 3 is 2.79 bits per heavy atom. The van der Waals surface area contributed by atoms with Crippen molar-refractivity contribution in [1.29, 1.82) is 0 Å². The molecule has 4 rings (SSSR count). The Morgan fingerprint density at radius 1 is 1.25 bits per heavy atom. The van der Waals surface area contributed by atoms with Crippen LogP contribution >= 0.6 is 0 Å². The molecule has 0 amide bonds. The Bertz CT molecular complexity index is 714. The van der Waals surface area contributed by atoms with E-state index in [1.165, 1.54) is 43.2 Å². The Morgan fingerprint density at radius 2 is 2.04 bits per heavy atom. The van der Waals surface area contributed by atoms with Crippen molar-refractivity contribution < 1.29 is 9.53 Å². The molecule has 24 heavy (non-hydrogen) atoms. The normalized spacial score (nSPS) is 26.2. The van der Waals surface area contributed by atoms with Crippen LogP contribution in [-0.4, -0.2) is 17.1 Å². The minimum atomic E-state index is -0.562. The molecule has 0 saturated heterocycles. The van der Waals surface area contributed by atoms with Gasteiger partial charge in [-0.3, -0.25) is 9.59 Å². The summed E-state index contributed by atoms with van der Waals surface area (Å²) in [5, 5.41) is 0. The maximum atomic E-state index is 12.8. The van der Waals surface area contributed by atoms with Crippen LogP contribution in [0.3, 0.4) is 0 Å². The summed E-state index contributed by atoms with van der Waals surface area (Å²) >= 11 is 0. The van der Waals surface area contributed by atoms with Crippen LogP contribution in [0.1, 0.15) is 81.0 Å². The molecule has 0 spiro atoms. The van der Waals surface area contributed by atoms with Gasteiger partial charge in [-0.05, 0) is 62.5 Å². The quantitative estimate of drug-likeness (QED) is 0.798. The standard InChI is InChI=1S/C20H27NO3/c1-2-24-19(23)20-10-6-12-21-17(22)13-16(14-7-4-3-5-8-14)15(9-11-20)18(20)21/h13-14H,2-12H2,1H3. The zero-order valence-corrected chi connectivity index (χ0v) is 14.6. The first kappa shape index (κ1) is 15.9. The van der Waals surface area contributed by atoms with Gasteiger partial charge in [-0.1, -0.05) is 19.3 Å². The fourth-order valence-corrected chi connectivity index (χ4v) is 5.33. The number of pyridine rings is 1. The summed E-state index contributed by atoms with van der Waals surface area (Å²) in [5.74, 6) is 0.393. The predicted molar refractivity (Wildman–Crippen MR) is 92.4 cm³/mol. The molecule has 0 radical (unpaired) electrons. The molecule has 0 bridgehead atoms. The lowest BCUT2D eigenvalue weighted by molar-refractivity contribution is -0.151. The van der Waals surface area contributed by atoms with E-state index in [2.05, 4.69) is 0 Å². The van der Waals surface area contributed by atoms with Crippen LogP contribution in [0, 0.1) is 0 Å². The van der Waals surface area contributed by atoms with Gasteiger partial charge in [-0.25, -0.2) is 0 Å². The van der Waals surface area contributed by atoms with Gasteiger partial charge in [0, 0.05) is 18.3 Å². The second-order valence-electron chi connectivity index (χ2n) is 7.66. The van der Waals surface area contributed by atoms with Crippen LogP contribution in [0.5, 0.6) is 0 Å². The van der Waals surface area contributed by atoms with Crippen molar-refractivity contribution in [1.82, 2.24) is 4.57 Å². The maximum absolute atomic E-state index is 12.8. The van der Waals surface area contributed by atoms with E-state index in [1.807, 2.05) is 17.6 Å². The first-order valence-electron chi connectivity index (χ1n) is 9.61. The van der Waals surface area contributed by atoms with Crippen molar-refractivity contribution in [3.63, 3.8) is 0 Å². The second-order valence-corrected chi connectivity index (χ2v) is 7.66. The summed E-state index contributed by atoms with van der Waals surface area (Å²) in [5.41, 5.74) is 3.09. The topological polar surface area (TPSA) is 48.3 Å². The number of hydrogen-bond donors (Lipinski definition) is 0. The first-order chi connectivity index (χ1) is 11.7. The van der Waals surface area contributed by atoms with Gasteiger partial charge in [0.05, 0.1) is 6.61 Å². The molecule has 1 unspecified atom stereocenters. The van der Waals surface area contributed by atoms with Crippen LogP contribution in [-0.2, 0) is 27.9 Å². The summed E-state index contributed by atoms with van der Waals surface area (Å²) in [6.45, 7) is 3.01. The highest BCUT2D eigenvalue weighted by Crippen LogP contribution is 2.48. The van der Waals surface area contributed by atoms with Gasteiger partial charge in [-0.2, -0.15) is 0 Å².